The van der Waals surface area contributed by atoms with Gasteiger partial charge in [0, 0.05) is 49.2 Å². The number of amides is 1. The molecule has 6 rings (SSSR count). The van der Waals surface area contributed by atoms with E-state index in [1.54, 1.807) is 63.2 Å². The number of nitrogens with zero attached hydrogens (tertiary/aromatic N) is 3. The molecular formula is C35H36N4O6. The summed E-state index contributed by atoms with van der Waals surface area (Å²) >= 11 is 0. The second kappa shape index (κ2) is 13.4. The van der Waals surface area contributed by atoms with E-state index < -0.39 is 6.23 Å². The van der Waals surface area contributed by atoms with Gasteiger partial charge >= 0.3 is 0 Å². The molecule has 2 aliphatic rings. The van der Waals surface area contributed by atoms with E-state index in [0.717, 1.165) is 29.4 Å². The Hall–Kier alpha value is -4.93. The van der Waals surface area contributed by atoms with Gasteiger partial charge in [-0.2, -0.15) is 0 Å². The number of ether oxygens (including phenoxy) is 4. The van der Waals surface area contributed by atoms with Gasteiger partial charge in [-0.25, -0.2) is 4.98 Å². The average molecular weight is 609 g/mol. The maximum Gasteiger partial charge on any atom is 0.258 e. The summed E-state index contributed by atoms with van der Waals surface area (Å²) in [6.45, 7) is 4.05. The van der Waals surface area contributed by atoms with Crippen LogP contribution in [-0.4, -0.2) is 66.1 Å². The molecule has 1 atom stereocenters. The van der Waals surface area contributed by atoms with E-state index in [0.29, 0.717) is 71.2 Å². The number of methoxy groups -OCH3 is 2. The van der Waals surface area contributed by atoms with Crippen molar-refractivity contribution in [3.63, 3.8) is 0 Å². The quantitative estimate of drug-likeness (QED) is 0.246. The van der Waals surface area contributed by atoms with Crippen molar-refractivity contribution in [1.82, 2.24) is 14.9 Å². The molecule has 1 unspecified atom stereocenters. The highest BCUT2D eigenvalue weighted by atomic mass is 16.5. The predicted molar refractivity (Wildman–Crippen MR) is 171 cm³/mol. The predicted octanol–water partition coefficient (Wildman–Crippen LogP) is 5.71. The summed E-state index contributed by atoms with van der Waals surface area (Å²) in [7, 11) is 3.15. The van der Waals surface area contributed by atoms with Crippen molar-refractivity contribution in [2.45, 2.75) is 26.0 Å². The zero-order chi connectivity index (χ0) is 31.3. The van der Waals surface area contributed by atoms with E-state index in [1.165, 1.54) is 0 Å². The van der Waals surface area contributed by atoms with Crippen LogP contribution in [0.25, 0.3) is 16.5 Å². The smallest absolute Gasteiger partial charge is 0.258 e. The molecule has 0 bridgehead atoms. The zero-order valence-corrected chi connectivity index (χ0v) is 25.5. The van der Waals surface area contributed by atoms with Crippen LogP contribution in [0, 0.1) is 12.8 Å². The number of pyridine rings is 2. The number of rotatable bonds is 9. The van der Waals surface area contributed by atoms with Crippen LogP contribution < -0.4 is 19.5 Å². The van der Waals surface area contributed by atoms with Gasteiger partial charge in [-0.1, -0.05) is 29.8 Å². The van der Waals surface area contributed by atoms with E-state index in [9.17, 15) is 9.90 Å². The molecule has 0 spiro atoms. The van der Waals surface area contributed by atoms with Crippen LogP contribution in [0.5, 0.6) is 23.0 Å². The lowest BCUT2D eigenvalue weighted by molar-refractivity contribution is -0.112. The SMILES string of the molecule is COc1cc2nccc(Oc3ccc(NC(=O)C4=CN(CC5CCOCC5)C(O)C(c5ccc(C)cc5)=C4)nc3)c2cc1OC. The molecular weight excluding hydrogens is 572 g/mol. The number of aromatic nitrogens is 2. The molecule has 4 heterocycles. The Morgan fingerprint density at radius 1 is 1.00 bits per heavy atom. The number of hydrogen-bond acceptors (Lipinski definition) is 9. The van der Waals surface area contributed by atoms with Gasteiger partial charge in [0.25, 0.3) is 5.91 Å². The fourth-order valence-corrected chi connectivity index (χ4v) is 5.56. The van der Waals surface area contributed by atoms with Gasteiger partial charge in [0.05, 0.1) is 31.5 Å². The van der Waals surface area contributed by atoms with Crippen LogP contribution in [-0.2, 0) is 9.53 Å². The summed E-state index contributed by atoms with van der Waals surface area (Å²) in [6.07, 6.45) is 7.65. The number of anilines is 1. The number of benzene rings is 2. The first kappa shape index (κ1) is 30.1. The van der Waals surface area contributed by atoms with Crippen LogP contribution in [0.4, 0.5) is 5.82 Å². The molecule has 0 radical (unpaired) electrons. The lowest BCUT2D eigenvalue weighted by Crippen LogP contribution is -2.40. The fraction of sp³-hybridized carbons (Fsp3) is 0.286. The number of fused-ring (bicyclic) bond motifs is 1. The number of aryl methyl sites for hydroxylation is 1. The standard InChI is InChI=1S/C35H36N4O6/c1-22-4-6-24(7-5-22)27-16-25(21-39(35(27)41)20-23-11-14-44-15-12-23)34(40)38-33-9-8-26(19-37-33)45-30-10-13-36-29-18-32(43-3)31(42-2)17-28(29)30/h4-10,13,16-19,21,23,35,41H,11-12,14-15,20H2,1-3H3,(H,37,38,40). The largest absolute Gasteiger partial charge is 0.493 e. The maximum absolute atomic E-state index is 13.5. The van der Waals surface area contributed by atoms with Crippen molar-refractivity contribution >= 4 is 28.2 Å². The van der Waals surface area contributed by atoms with Crippen molar-refractivity contribution in [3.05, 3.63) is 96.0 Å². The Kier molecular flexibility index (Phi) is 8.95. The Morgan fingerprint density at radius 3 is 2.47 bits per heavy atom. The minimum Gasteiger partial charge on any atom is -0.493 e. The van der Waals surface area contributed by atoms with Crippen LogP contribution in [0.2, 0.25) is 0 Å². The minimum absolute atomic E-state index is 0.328. The molecule has 0 aliphatic carbocycles. The van der Waals surface area contributed by atoms with Crippen LogP contribution >= 0.6 is 0 Å². The van der Waals surface area contributed by atoms with Gasteiger partial charge < -0.3 is 34.3 Å². The van der Waals surface area contributed by atoms with Gasteiger partial charge in [0.1, 0.15) is 17.3 Å². The molecule has 2 aromatic heterocycles. The first-order valence-electron chi connectivity index (χ1n) is 14.9. The van der Waals surface area contributed by atoms with Crippen molar-refractivity contribution in [1.29, 1.82) is 0 Å². The Morgan fingerprint density at radius 2 is 1.76 bits per heavy atom. The van der Waals surface area contributed by atoms with E-state index in [-0.39, 0.29) is 5.91 Å². The lowest BCUT2D eigenvalue weighted by atomic mass is 9.94. The van der Waals surface area contributed by atoms with Gasteiger partial charge in [-0.3, -0.25) is 9.78 Å². The summed E-state index contributed by atoms with van der Waals surface area (Å²) in [5, 5.41) is 15.0. The first-order chi connectivity index (χ1) is 21.9. The summed E-state index contributed by atoms with van der Waals surface area (Å²) in [5.41, 5.74) is 3.77. The van der Waals surface area contributed by atoms with E-state index >= 15 is 0 Å². The molecule has 1 amide bonds. The highest BCUT2D eigenvalue weighted by molar-refractivity contribution is 6.07. The third-order valence-electron chi connectivity index (χ3n) is 8.08. The maximum atomic E-state index is 13.5. The number of hydrogen-bond donors (Lipinski definition) is 2. The van der Waals surface area contributed by atoms with Crippen LogP contribution in [0.15, 0.2) is 84.8 Å². The molecule has 232 valence electrons. The van der Waals surface area contributed by atoms with Gasteiger partial charge in [0.15, 0.2) is 17.7 Å². The Balaban J connectivity index is 1.20. The summed E-state index contributed by atoms with van der Waals surface area (Å²) in [5.74, 6) is 2.60. The highest BCUT2D eigenvalue weighted by Gasteiger charge is 2.28. The summed E-state index contributed by atoms with van der Waals surface area (Å²) < 4.78 is 22.5. The normalized spacial score (nSPS) is 17.0. The van der Waals surface area contributed by atoms with E-state index in [2.05, 4.69) is 15.3 Å². The number of nitrogens with one attached hydrogen (secondary N) is 1. The monoisotopic (exact) mass is 608 g/mol. The molecule has 10 heteroatoms. The molecule has 10 nitrogen and oxygen atoms in total. The van der Waals surface area contributed by atoms with E-state index in [1.807, 2.05) is 42.2 Å². The van der Waals surface area contributed by atoms with Crippen LogP contribution in [0.3, 0.4) is 0 Å². The molecule has 2 aliphatic heterocycles. The molecule has 1 fully saturated rings. The average Bonchev–Trinajstić information content (AvgIpc) is 3.07. The van der Waals surface area contributed by atoms with Crippen molar-refractivity contribution in [2.75, 3.05) is 39.3 Å². The second-order valence-corrected chi connectivity index (χ2v) is 11.1. The van der Waals surface area contributed by atoms with E-state index in [4.69, 9.17) is 18.9 Å². The van der Waals surface area contributed by atoms with Crippen molar-refractivity contribution in [3.8, 4) is 23.0 Å². The number of aliphatic hydroxyl groups is 1. The van der Waals surface area contributed by atoms with Crippen LogP contribution in [0.1, 0.15) is 24.0 Å². The minimum atomic E-state index is -0.869. The molecule has 0 saturated carbocycles. The summed E-state index contributed by atoms with van der Waals surface area (Å²) in [6, 6.07) is 16.7. The topological polar surface area (TPSA) is 115 Å². The molecule has 4 aromatic rings. The first-order valence-corrected chi connectivity index (χ1v) is 14.9. The molecule has 2 N–H and O–H groups in total. The lowest BCUT2D eigenvalue weighted by Gasteiger charge is -2.36. The van der Waals surface area contributed by atoms with Crippen molar-refractivity contribution in [2.24, 2.45) is 5.92 Å². The zero-order valence-electron chi connectivity index (χ0n) is 25.5. The molecule has 45 heavy (non-hydrogen) atoms. The third-order valence-corrected chi connectivity index (χ3v) is 8.08. The third kappa shape index (κ3) is 6.77. The molecule has 1 saturated heterocycles. The molecule has 2 aromatic carbocycles. The van der Waals surface area contributed by atoms with Crippen molar-refractivity contribution < 1.29 is 28.8 Å². The van der Waals surface area contributed by atoms with Gasteiger partial charge in [-0.05, 0) is 61.6 Å². The van der Waals surface area contributed by atoms with Gasteiger partial charge in [-0.15, -0.1) is 0 Å². The second-order valence-electron chi connectivity index (χ2n) is 11.1. The summed E-state index contributed by atoms with van der Waals surface area (Å²) in [4.78, 5) is 24.2. The fourth-order valence-electron chi connectivity index (χ4n) is 5.56. The number of carbonyl (C=O) groups is 1. The number of aliphatic hydroxyl groups excluding tert-OH is 1. The Labute approximate surface area is 261 Å². The van der Waals surface area contributed by atoms with Gasteiger partial charge in [0.2, 0.25) is 0 Å². The highest BCUT2D eigenvalue weighted by Crippen LogP contribution is 2.37. The number of carbonyl (C=O) groups excluding carboxylic acids is 1. The Bertz CT molecular complexity index is 1730.